The Hall–Kier alpha value is -8.40. The Balaban J connectivity index is 0.990. The molecule has 0 radical (unpaired) electrons. The molecule has 0 aliphatic heterocycles. The van der Waals surface area contributed by atoms with E-state index in [4.69, 9.17) is 4.42 Å². The molecule has 0 spiro atoms. The minimum Gasteiger partial charge on any atom is -0.456 e. The molecule has 0 fully saturated rings. The second-order valence-electron chi connectivity index (χ2n) is 16.1. The van der Waals surface area contributed by atoms with E-state index in [0.29, 0.717) is 0 Å². The van der Waals surface area contributed by atoms with Gasteiger partial charge in [0.15, 0.2) is 0 Å². The molecular formula is C60H40N2O. The summed E-state index contributed by atoms with van der Waals surface area (Å²) in [7, 11) is 0. The summed E-state index contributed by atoms with van der Waals surface area (Å²) in [6.07, 6.45) is 0. The Morgan fingerprint density at radius 2 is 0.794 bits per heavy atom. The number of benzene rings is 10. The number of para-hydroxylation sites is 5. The summed E-state index contributed by atoms with van der Waals surface area (Å²) in [5, 5.41) is 4.77. The number of furan rings is 1. The van der Waals surface area contributed by atoms with Crippen molar-refractivity contribution >= 4 is 60.8 Å². The molecule has 12 aromatic rings. The summed E-state index contributed by atoms with van der Waals surface area (Å²) < 4.78 is 8.70. The molecule has 0 aliphatic rings. The van der Waals surface area contributed by atoms with Crippen LogP contribution in [-0.2, 0) is 0 Å². The zero-order chi connectivity index (χ0) is 41.7. The summed E-state index contributed by atoms with van der Waals surface area (Å²) in [6.45, 7) is 0. The van der Waals surface area contributed by atoms with Gasteiger partial charge in [0.1, 0.15) is 11.2 Å². The van der Waals surface area contributed by atoms with Crippen molar-refractivity contribution in [2.45, 2.75) is 0 Å². The third-order valence-corrected chi connectivity index (χ3v) is 12.4. The molecule has 0 saturated heterocycles. The standard InChI is InChI=1S/C60H40N2O/c1-2-16-42(17-3-1)47-18-4-5-20-49(47)50-21-7-12-26-56(50)61(45-35-30-41(31-36-45)44-34-39-54-53-24-10-15-29-59(53)63-60(54)40-44)46-37-32-43(33-38-46)48-19-6-11-25-55(48)62-57-27-13-8-22-51(57)52-23-9-14-28-58(52)62/h1-40H. The van der Waals surface area contributed by atoms with Crippen LogP contribution in [0.1, 0.15) is 0 Å². The van der Waals surface area contributed by atoms with Gasteiger partial charge in [0.2, 0.25) is 0 Å². The summed E-state index contributed by atoms with van der Waals surface area (Å²) in [5.74, 6) is 0. The first-order valence-electron chi connectivity index (χ1n) is 21.5. The van der Waals surface area contributed by atoms with Gasteiger partial charge in [-0.25, -0.2) is 0 Å². The van der Waals surface area contributed by atoms with Gasteiger partial charge in [-0.1, -0.05) is 176 Å². The molecule has 0 bridgehead atoms. The molecule has 63 heavy (non-hydrogen) atoms. The highest BCUT2D eigenvalue weighted by Gasteiger charge is 2.21. The molecule has 296 valence electrons. The van der Waals surface area contributed by atoms with E-state index >= 15 is 0 Å². The lowest BCUT2D eigenvalue weighted by Crippen LogP contribution is -2.11. The highest BCUT2D eigenvalue weighted by Crippen LogP contribution is 2.45. The molecule has 2 aromatic heterocycles. The molecule has 0 N–H and O–H groups in total. The largest absolute Gasteiger partial charge is 0.456 e. The molecule has 0 aliphatic carbocycles. The second-order valence-corrected chi connectivity index (χ2v) is 16.1. The van der Waals surface area contributed by atoms with E-state index in [1.807, 2.05) is 12.1 Å². The van der Waals surface area contributed by atoms with Gasteiger partial charge in [-0.15, -0.1) is 0 Å². The first-order chi connectivity index (χ1) is 31.3. The molecule has 3 heteroatoms. The molecular weight excluding hydrogens is 765 g/mol. The molecule has 0 atom stereocenters. The average Bonchev–Trinajstić information content (AvgIpc) is 3.90. The van der Waals surface area contributed by atoms with Crippen LogP contribution in [0.4, 0.5) is 17.1 Å². The molecule has 10 aromatic carbocycles. The van der Waals surface area contributed by atoms with Crippen LogP contribution in [0.3, 0.4) is 0 Å². The van der Waals surface area contributed by atoms with Gasteiger partial charge in [0.05, 0.1) is 22.4 Å². The van der Waals surface area contributed by atoms with Crippen LogP contribution in [0.5, 0.6) is 0 Å². The third kappa shape index (κ3) is 6.29. The number of rotatable bonds is 8. The van der Waals surface area contributed by atoms with E-state index in [1.54, 1.807) is 0 Å². The number of fused-ring (bicyclic) bond motifs is 6. The quantitative estimate of drug-likeness (QED) is 0.153. The molecule has 2 heterocycles. The van der Waals surface area contributed by atoms with Crippen molar-refractivity contribution in [1.82, 2.24) is 4.57 Å². The van der Waals surface area contributed by atoms with Crippen molar-refractivity contribution in [3.05, 3.63) is 243 Å². The number of nitrogens with zero attached hydrogens (tertiary/aromatic N) is 2. The molecule has 0 unspecified atom stereocenters. The number of hydrogen-bond acceptors (Lipinski definition) is 2. The average molecular weight is 805 g/mol. The number of aromatic nitrogens is 1. The predicted molar refractivity (Wildman–Crippen MR) is 264 cm³/mol. The highest BCUT2D eigenvalue weighted by atomic mass is 16.3. The highest BCUT2D eigenvalue weighted by molar-refractivity contribution is 6.10. The topological polar surface area (TPSA) is 21.3 Å². The van der Waals surface area contributed by atoms with Gasteiger partial charge in [0, 0.05) is 44.0 Å². The SMILES string of the molecule is c1ccc(-c2ccccc2-c2ccccc2N(c2ccc(-c3ccc4c(c3)oc3ccccc34)cc2)c2ccc(-c3ccccc3-n3c4ccccc4c4ccccc43)cc2)cc1. The minimum atomic E-state index is 0.894. The first kappa shape index (κ1) is 36.5. The van der Waals surface area contributed by atoms with Gasteiger partial charge >= 0.3 is 0 Å². The number of hydrogen-bond donors (Lipinski definition) is 0. The van der Waals surface area contributed by atoms with Gasteiger partial charge in [0.25, 0.3) is 0 Å². The van der Waals surface area contributed by atoms with E-state index in [1.165, 1.54) is 44.1 Å². The first-order valence-corrected chi connectivity index (χ1v) is 21.5. The lowest BCUT2D eigenvalue weighted by atomic mass is 9.93. The number of anilines is 3. The van der Waals surface area contributed by atoms with E-state index in [9.17, 15) is 0 Å². The minimum absolute atomic E-state index is 0.894. The van der Waals surface area contributed by atoms with Crippen LogP contribution < -0.4 is 4.90 Å². The van der Waals surface area contributed by atoms with Crippen molar-refractivity contribution in [3.8, 4) is 50.2 Å². The van der Waals surface area contributed by atoms with Crippen molar-refractivity contribution in [1.29, 1.82) is 0 Å². The van der Waals surface area contributed by atoms with Gasteiger partial charge in [-0.3, -0.25) is 0 Å². The molecule has 0 saturated carbocycles. The van der Waals surface area contributed by atoms with Crippen molar-refractivity contribution < 1.29 is 4.42 Å². The Kier molecular flexibility index (Phi) is 8.83. The van der Waals surface area contributed by atoms with E-state index in [-0.39, 0.29) is 0 Å². The van der Waals surface area contributed by atoms with Gasteiger partial charge < -0.3 is 13.9 Å². The van der Waals surface area contributed by atoms with Crippen molar-refractivity contribution in [2.75, 3.05) is 4.90 Å². The molecule has 12 rings (SSSR count). The molecule has 3 nitrogen and oxygen atoms in total. The van der Waals surface area contributed by atoms with Crippen LogP contribution in [0.25, 0.3) is 93.9 Å². The normalized spacial score (nSPS) is 11.5. The smallest absolute Gasteiger partial charge is 0.136 e. The Morgan fingerprint density at radius 3 is 1.51 bits per heavy atom. The Bertz CT molecular complexity index is 3560. The van der Waals surface area contributed by atoms with E-state index in [0.717, 1.165) is 66.9 Å². The maximum Gasteiger partial charge on any atom is 0.136 e. The third-order valence-electron chi connectivity index (χ3n) is 12.4. The summed E-state index contributed by atoms with van der Waals surface area (Å²) in [6, 6.07) is 87.1. The van der Waals surface area contributed by atoms with Crippen molar-refractivity contribution in [2.24, 2.45) is 0 Å². The summed E-state index contributed by atoms with van der Waals surface area (Å²) in [4.78, 5) is 2.39. The van der Waals surface area contributed by atoms with Crippen LogP contribution in [-0.4, -0.2) is 4.57 Å². The van der Waals surface area contributed by atoms with Crippen LogP contribution in [0.15, 0.2) is 247 Å². The Morgan fingerprint density at radius 1 is 0.302 bits per heavy atom. The van der Waals surface area contributed by atoms with E-state index < -0.39 is 0 Å². The summed E-state index contributed by atoms with van der Waals surface area (Å²) >= 11 is 0. The van der Waals surface area contributed by atoms with Crippen molar-refractivity contribution in [3.63, 3.8) is 0 Å². The fraction of sp³-hybridized carbons (Fsp3) is 0. The zero-order valence-corrected chi connectivity index (χ0v) is 34.4. The fourth-order valence-electron chi connectivity index (χ4n) is 9.50. The lowest BCUT2D eigenvalue weighted by molar-refractivity contribution is 0.669. The maximum atomic E-state index is 6.29. The Labute approximate surface area is 366 Å². The fourth-order valence-corrected chi connectivity index (χ4v) is 9.50. The van der Waals surface area contributed by atoms with Gasteiger partial charge in [-0.05, 0) is 100 Å². The summed E-state index contributed by atoms with van der Waals surface area (Å²) in [5.41, 5.74) is 17.8. The lowest BCUT2D eigenvalue weighted by Gasteiger charge is -2.29. The predicted octanol–water partition coefficient (Wildman–Crippen LogP) is 16.8. The monoisotopic (exact) mass is 804 g/mol. The van der Waals surface area contributed by atoms with E-state index in [2.05, 4.69) is 240 Å². The van der Waals surface area contributed by atoms with Crippen LogP contribution >= 0.6 is 0 Å². The van der Waals surface area contributed by atoms with Crippen LogP contribution in [0, 0.1) is 0 Å². The molecule has 0 amide bonds. The second kappa shape index (κ2) is 15.3. The maximum absolute atomic E-state index is 6.29. The van der Waals surface area contributed by atoms with Gasteiger partial charge in [-0.2, -0.15) is 0 Å². The zero-order valence-electron chi connectivity index (χ0n) is 34.4. The van der Waals surface area contributed by atoms with Crippen LogP contribution in [0.2, 0.25) is 0 Å².